The number of cyclic esters (lactones) is 1. The average Bonchev–Trinajstić information content (AvgIpc) is 3.71. The fourth-order valence-electron chi connectivity index (χ4n) is 5.92. The lowest BCUT2D eigenvalue weighted by atomic mass is 9.97. The number of nitrogens with zero attached hydrogens (tertiary/aromatic N) is 6. The SMILES string of the molecule is Cc1nc2cc(-c3ncc(S(=O)(=O)N4COCOC4)s3)c(N[C@H]3CCN4C(=O)OC[C@@H]4C3)cc2c(=O)n1Cc1ccc(C#N)cc1. The van der Waals surface area contributed by atoms with Crippen molar-refractivity contribution < 1.29 is 27.4 Å². The molecule has 238 valence electrons. The third-order valence-electron chi connectivity index (χ3n) is 8.36. The van der Waals surface area contributed by atoms with E-state index in [0.717, 1.165) is 21.2 Å². The van der Waals surface area contributed by atoms with Gasteiger partial charge < -0.3 is 24.4 Å². The summed E-state index contributed by atoms with van der Waals surface area (Å²) in [5.74, 6) is 0.499. The van der Waals surface area contributed by atoms with E-state index in [2.05, 4.69) is 16.4 Å². The predicted octanol–water partition coefficient (Wildman–Crippen LogP) is 3.05. The smallest absolute Gasteiger partial charge is 0.410 e. The summed E-state index contributed by atoms with van der Waals surface area (Å²) >= 11 is 1.00. The Morgan fingerprint density at radius 3 is 2.70 bits per heavy atom. The number of fused-ring (bicyclic) bond motifs is 2. The van der Waals surface area contributed by atoms with Gasteiger partial charge in [0, 0.05) is 23.8 Å². The number of ether oxygens (including phenoxy) is 3. The molecule has 3 fully saturated rings. The van der Waals surface area contributed by atoms with Crippen molar-refractivity contribution in [2.24, 2.45) is 0 Å². The minimum Gasteiger partial charge on any atom is -0.447 e. The molecule has 0 spiro atoms. The van der Waals surface area contributed by atoms with Crippen molar-refractivity contribution >= 4 is 44.0 Å². The number of aromatic nitrogens is 3. The molecule has 0 unspecified atom stereocenters. The van der Waals surface area contributed by atoms with E-state index in [0.29, 0.717) is 64.5 Å². The summed E-state index contributed by atoms with van der Waals surface area (Å²) in [4.78, 5) is 37.0. The van der Waals surface area contributed by atoms with Gasteiger partial charge in [0.05, 0.1) is 41.3 Å². The number of benzene rings is 2. The van der Waals surface area contributed by atoms with Crippen LogP contribution in [0.1, 0.15) is 29.8 Å². The number of carbonyl (C=O) groups excluding carboxylic acids is 1. The normalized spacial score (nSPS) is 20.3. The number of rotatable bonds is 7. The zero-order valence-corrected chi connectivity index (χ0v) is 26.3. The Hall–Kier alpha value is -4.40. The van der Waals surface area contributed by atoms with Gasteiger partial charge in [-0.25, -0.2) is 23.2 Å². The summed E-state index contributed by atoms with van der Waals surface area (Å²) in [6.45, 7) is 2.66. The quantitative estimate of drug-likeness (QED) is 0.308. The number of hydrogen-bond donors (Lipinski definition) is 1. The number of hydrogen-bond acceptors (Lipinski definition) is 12. The van der Waals surface area contributed by atoms with Crippen LogP contribution >= 0.6 is 11.3 Å². The Morgan fingerprint density at radius 2 is 1.93 bits per heavy atom. The maximum atomic E-state index is 13.9. The number of nitriles is 1. The molecule has 2 aromatic carbocycles. The monoisotopic (exact) mass is 663 g/mol. The molecule has 7 rings (SSSR count). The summed E-state index contributed by atoms with van der Waals surface area (Å²) < 4.78 is 44.9. The van der Waals surface area contributed by atoms with E-state index < -0.39 is 10.0 Å². The predicted molar refractivity (Wildman–Crippen MR) is 166 cm³/mol. The zero-order valence-electron chi connectivity index (χ0n) is 24.7. The van der Waals surface area contributed by atoms with Gasteiger partial charge in [0.25, 0.3) is 15.6 Å². The van der Waals surface area contributed by atoms with E-state index in [4.69, 9.17) is 24.5 Å². The van der Waals surface area contributed by atoms with Crippen molar-refractivity contribution in [3.05, 3.63) is 69.9 Å². The molecule has 5 heterocycles. The van der Waals surface area contributed by atoms with Gasteiger partial charge in [-0.15, -0.1) is 15.6 Å². The van der Waals surface area contributed by atoms with Crippen LogP contribution < -0.4 is 10.9 Å². The van der Waals surface area contributed by atoms with Crippen LogP contribution in [-0.4, -0.2) is 83.7 Å². The van der Waals surface area contributed by atoms with Crippen LogP contribution in [0.25, 0.3) is 21.5 Å². The van der Waals surface area contributed by atoms with Crippen LogP contribution in [0.15, 0.2) is 51.6 Å². The van der Waals surface area contributed by atoms with Crippen LogP contribution in [0.5, 0.6) is 0 Å². The largest absolute Gasteiger partial charge is 0.447 e. The Bertz CT molecular complexity index is 2030. The molecule has 4 aromatic rings. The number of nitrogens with one attached hydrogen (secondary N) is 1. The van der Waals surface area contributed by atoms with Crippen LogP contribution in [0.4, 0.5) is 10.5 Å². The molecule has 14 nitrogen and oxygen atoms in total. The summed E-state index contributed by atoms with van der Waals surface area (Å²) in [7, 11) is -3.92. The van der Waals surface area contributed by atoms with Gasteiger partial charge in [-0.2, -0.15) is 5.26 Å². The summed E-state index contributed by atoms with van der Waals surface area (Å²) in [6.07, 6.45) is 2.31. The first-order valence-corrected chi connectivity index (χ1v) is 16.8. The second-order valence-electron chi connectivity index (χ2n) is 11.3. The van der Waals surface area contributed by atoms with Gasteiger partial charge in [-0.05, 0) is 49.6 Å². The summed E-state index contributed by atoms with van der Waals surface area (Å²) in [5.41, 5.74) is 2.79. The van der Waals surface area contributed by atoms with Crippen LogP contribution in [-0.2, 0) is 30.8 Å². The number of anilines is 1. The molecular weight excluding hydrogens is 635 g/mol. The van der Waals surface area contributed by atoms with E-state index in [1.54, 1.807) is 40.7 Å². The lowest BCUT2D eigenvalue weighted by molar-refractivity contribution is -0.153. The van der Waals surface area contributed by atoms with E-state index in [9.17, 15) is 18.0 Å². The number of piperidine rings is 1. The van der Waals surface area contributed by atoms with Crippen LogP contribution in [0.2, 0.25) is 0 Å². The molecule has 0 bridgehead atoms. The minimum absolute atomic E-state index is 0.0216. The average molecular weight is 664 g/mol. The molecule has 46 heavy (non-hydrogen) atoms. The molecule has 1 amide bonds. The molecule has 1 N–H and O–H groups in total. The maximum Gasteiger partial charge on any atom is 0.410 e. The molecule has 3 saturated heterocycles. The number of carbonyl (C=O) groups is 1. The van der Waals surface area contributed by atoms with Crippen LogP contribution in [0.3, 0.4) is 0 Å². The standard InChI is InChI=1S/C30H29N7O7S2/c1-18-33-26-9-23(28-32-12-27(45-28)46(40,41)35-15-42-17-43-16-35)25(34-21-6-7-36-22(8-21)14-44-30(36)39)10-24(26)29(38)37(18)13-20-4-2-19(11-31)3-5-20/h2-5,9-10,12,21-22,34H,6-8,13-17H2,1H3/t21-,22-/m0/s1. The van der Waals surface area contributed by atoms with Crippen molar-refractivity contribution in [2.45, 2.75) is 42.6 Å². The van der Waals surface area contributed by atoms with Crippen molar-refractivity contribution in [3.8, 4) is 16.6 Å². The maximum absolute atomic E-state index is 13.9. The van der Waals surface area contributed by atoms with Crippen molar-refractivity contribution in [1.82, 2.24) is 23.7 Å². The van der Waals surface area contributed by atoms with E-state index in [-0.39, 0.29) is 54.7 Å². The molecule has 0 saturated carbocycles. The first kappa shape index (κ1) is 30.3. The van der Waals surface area contributed by atoms with Gasteiger partial charge in [-0.3, -0.25) is 9.36 Å². The Balaban J connectivity index is 1.28. The molecule has 2 atom stereocenters. The lowest BCUT2D eigenvalue weighted by Crippen LogP contribution is -2.45. The Kier molecular flexibility index (Phi) is 7.95. The van der Waals surface area contributed by atoms with Gasteiger partial charge in [-0.1, -0.05) is 12.1 Å². The molecular formula is C30H29N7O7S2. The zero-order chi connectivity index (χ0) is 32.0. The van der Waals surface area contributed by atoms with Crippen molar-refractivity contribution in [1.29, 1.82) is 5.26 Å². The number of sulfonamides is 1. The second-order valence-corrected chi connectivity index (χ2v) is 14.5. The number of thiazole rings is 1. The second kappa shape index (κ2) is 12.1. The summed E-state index contributed by atoms with van der Waals surface area (Å²) in [5, 5.41) is 13.5. The highest BCUT2D eigenvalue weighted by atomic mass is 32.2. The van der Waals surface area contributed by atoms with Crippen molar-refractivity contribution in [2.75, 3.05) is 38.7 Å². The molecule has 2 aromatic heterocycles. The Morgan fingerprint density at radius 1 is 1.15 bits per heavy atom. The summed E-state index contributed by atoms with van der Waals surface area (Å²) in [6, 6.07) is 12.6. The molecule has 0 radical (unpaired) electrons. The topological polar surface area (TPSA) is 169 Å². The van der Waals surface area contributed by atoms with E-state index in [1.807, 2.05) is 12.1 Å². The third kappa shape index (κ3) is 5.60. The molecule has 3 aliphatic rings. The fourth-order valence-corrected chi connectivity index (χ4v) is 8.44. The number of aryl methyl sites for hydroxylation is 1. The first-order valence-electron chi connectivity index (χ1n) is 14.6. The number of amides is 1. The Labute approximate surface area is 267 Å². The minimum atomic E-state index is -3.92. The highest BCUT2D eigenvalue weighted by Gasteiger charge is 2.38. The fraction of sp³-hybridized carbons (Fsp3) is 0.367. The van der Waals surface area contributed by atoms with Gasteiger partial charge in [0.1, 0.15) is 37.7 Å². The molecule has 0 aliphatic carbocycles. The molecule has 16 heteroatoms. The van der Waals surface area contributed by atoms with E-state index >= 15 is 0 Å². The lowest BCUT2D eigenvalue weighted by Gasteiger charge is -2.33. The van der Waals surface area contributed by atoms with Crippen LogP contribution in [0, 0.1) is 18.3 Å². The highest BCUT2D eigenvalue weighted by Crippen LogP contribution is 2.38. The van der Waals surface area contributed by atoms with Crippen molar-refractivity contribution in [3.63, 3.8) is 0 Å². The highest BCUT2D eigenvalue weighted by molar-refractivity contribution is 7.91. The van der Waals surface area contributed by atoms with E-state index in [1.165, 1.54) is 6.20 Å². The molecule has 3 aliphatic heterocycles. The van der Waals surface area contributed by atoms with Gasteiger partial charge >= 0.3 is 6.09 Å². The van der Waals surface area contributed by atoms with Gasteiger partial charge in [0.2, 0.25) is 0 Å². The first-order chi connectivity index (χ1) is 22.2. The third-order valence-corrected chi connectivity index (χ3v) is 11.6. The van der Waals surface area contributed by atoms with Gasteiger partial charge in [0.15, 0.2) is 4.21 Å².